The van der Waals surface area contributed by atoms with Crippen molar-refractivity contribution in [2.75, 3.05) is 19.5 Å². The second-order valence-electron chi connectivity index (χ2n) is 5.50. The summed E-state index contributed by atoms with van der Waals surface area (Å²) < 4.78 is 12.2. The second-order valence-corrected chi connectivity index (χ2v) is 5.50. The number of carbonyl (C=O) groups excluding carboxylic acids is 1. The number of carbonyl (C=O) groups is 1. The van der Waals surface area contributed by atoms with Crippen molar-refractivity contribution >= 4 is 22.6 Å². The van der Waals surface area contributed by atoms with Gasteiger partial charge in [-0.1, -0.05) is 24.3 Å². The summed E-state index contributed by atoms with van der Waals surface area (Å²) in [5.74, 6) is 1.01. The fourth-order valence-corrected chi connectivity index (χ4v) is 2.71. The molecule has 0 aliphatic carbocycles. The van der Waals surface area contributed by atoms with Gasteiger partial charge in [-0.15, -0.1) is 5.10 Å². The number of aromatic nitrogens is 3. The Morgan fingerprint density at radius 2 is 2.00 bits per heavy atom. The van der Waals surface area contributed by atoms with Gasteiger partial charge in [0.1, 0.15) is 23.1 Å². The van der Waals surface area contributed by atoms with Crippen LogP contribution in [0.15, 0.2) is 42.5 Å². The van der Waals surface area contributed by atoms with Gasteiger partial charge in [-0.3, -0.25) is 4.79 Å². The van der Waals surface area contributed by atoms with E-state index in [1.165, 1.54) is 0 Å². The van der Waals surface area contributed by atoms with Crippen molar-refractivity contribution < 1.29 is 14.3 Å². The Labute approximate surface area is 145 Å². The topological polar surface area (TPSA) is 78.3 Å². The first-order chi connectivity index (χ1) is 12.2. The van der Waals surface area contributed by atoms with E-state index in [4.69, 9.17) is 9.47 Å². The average Bonchev–Trinajstić information content (AvgIpc) is 3.06. The van der Waals surface area contributed by atoms with Crippen LogP contribution in [0.4, 0.5) is 5.69 Å². The summed E-state index contributed by atoms with van der Waals surface area (Å²) in [7, 11) is 3.13. The third kappa shape index (κ3) is 3.26. The Morgan fingerprint density at radius 1 is 1.20 bits per heavy atom. The largest absolute Gasteiger partial charge is 0.497 e. The molecule has 7 heteroatoms. The highest BCUT2D eigenvalue weighted by Crippen LogP contribution is 2.30. The maximum absolute atomic E-state index is 12.9. The lowest BCUT2D eigenvalue weighted by atomic mass is 10.2. The van der Waals surface area contributed by atoms with Crippen LogP contribution < -0.4 is 14.8 Å². The van der Waals surface area contributed by atoms with Crippen LogP contribution in [0, 0.1) is 0 Å². The molecule has 130 valence electrons. The number of hydrogen-bond donors (Lipinski definition) is 1. The predicted molar refractivity (Wildman–Crippen MR) is 95.0 cm³/mol. The number of methoxy groups -OCH3 is 2. The van der Waals surface area contributed by atoms with Crippen LogP contribution in [-0.4, -0.2) is 35.1 Å². The zero-order valence-corrected chi connectivity index (χ0v) is 14.4. The maximum atomic E-state index is 12.9. The van der Waals surface area contributed by atoms with Crippen molar-refractivity contribution in [2.24, 2.45) is 0 Å². The van der Waals surface area contributed by atoms with E-state index in [1.807, 2.05) is 31.2 Å². The molecule has 3 aromatic rings. The van der Waals surface area contributed by atoms with Crippen LogP contribution in [0.1, 0.15) is 19.4 Å². The zero-order chi connectivity index (χ0) is 17.8. The Bertz CT molecular complexity index is 891. The van der Waals surface area contributed by atoms with Gasteiger partial charge in [-0.2, -0.15) is 0 Å². The van der Waals surface area contributed by atoms with Crippen LogP contribution in [0.25, 0.3) is 11.0 Å². The molecule has 1 amide bonds. The number of rotatable bonds is 6. The molecule has 1 aromatic heterocycles. The highest BCUT2D eigenvalue weighted by Gasteiger charge is 2.23. The summed E-state index contributed by atoms with van der Waals surface area (Å²) in [4.78, 5) is 12.9. The minimum absolute atomic E-state index is 0.190. The van der Waals surface area contributed by atoms with Gasteiger partial charge < -0.3 is 14.8 Å². The Kier molecular flexibility index (Phi) is 4.83. The van der Waals surface area contributed by atoms with Crippen molar-refractivity contribution in [1.82, 2.24) is 15.0 Å². The number of nitrogens with zero attached hydrogens (tertiary/aromatic N) is 3. The number of ether oxygens (including phenoxy) is 2. The van der Waals surface area contributed by atoms with Crippen LogP contribution in [0.5, 0.6) is 11.5 Å². The van der Waals surface area contributed by atoms with Crippen LogP contribution in [0.3, 0.4) is 0 Å². The van der Waals surface area contributed by atoms with Crippen LogP contribution in [0.2, 0.25) is 0 Å². The lowest BCUT2D eigenvalue weighted by molar-refractivity contribution is -0.119. The van der Waals surface area contributed by atoms with Crippen molar-refractivity contribution in [1.29, 1.82) is 0 Å². The van der Waals surface area contributed by atoms with Gasteiger partial charge in [0.05, 0.1) is 25.4 Å². The molecule has 3 rings (SSSR count). The minimum atomic E-state index is -0.483. The lowest BCUT2D eigenvalue weighted by Crippen LogP contribution is -2.26. The van der Waals surface area contributed by atoms with E-state index in [1.54, 1.807) is 37.1 Å². The molecule has 2 aromatic carbocycles. The average molecular weight is 340 g/mol. The van der Waals surface area contributed by atoms with Crippen molar-refractivity contribution in [3.05, 3.63) is 42.5 Å². The third-order valence-electron chi connectivity index (χ3n) is 4.03. The molecular weight excluding hydrogens is 320 g/mol. The molecule has 0 saturated heterocycles. The van der Waals surface area contributed by atoms with E-state index in [9.17, 15) is 4.79 Å². The Morgan fingerprint density at radius 3 is 2.72 bits per heavy atom. The number of fused-ring (bicyclic) bond motifs is 1. The molecule has 0 aliphatic heterocycles. The van der Waals surface area contributed by atoms with Gasteiger partial charge in [0.25, 0.3) is 0 Å². The maximum Gasteiger partial charge on any atom is 0.249 e. The van der Waals surface area contributed by atoms with Gasteiger partial charge in [-0.05, 0) is 30.7 Å². The highest BCUT2D eigenvalue weighted by atomic mass is 16.5. The summed E-state index contributed by atoms with van der Waals surface area (Å²) in [6.45, 7) is 1.93. The number of anilines is 1. The molecular formula is C18H20N4O3. The smallest absolute Gasteiger partial charge is 0.249 e. The quantitative estimate of drug-likeness (QED) is 0.746. The summed E-state index contributed by atoms with van der Waals surface area (Å²) in [6.07, 6.45) is 0.575. The first kappa shape index (κ1) is 16.8. The van der Waals surface area contributed by atoms with E-state index in [0.717, 1.165) is 11.0 Å². The first-order valence-electron chi connectivity index (χ1n) is 8.00. The monoisotopic (exact) mass is 340 g/mol. The molecule has 1 unspecified atom stereocenters. The molecule has 0 saturated carbocycles. The molecule has 0 bridgehead atoms. The first-order valence-corrected chi connectivity index (χ1v) is 8.00. The van der Waals surface area contributed by atoms with E-state index in [2.05, 4.69) is 15.6 Å². The number of nitrogens with one attached hydrogen (secondary N) is 1. The van der Waals surface area contributed by atoms with Gasteiger partial charge in [-0.25, -0.2) is 4.68 Å². The number of benzene rings is 2. The number of hydrogen-bond acceptors (Lipinski definition) is 5. The summed E-state index contributed by atoms with van der Waals surface area (Å²) >= 11 is 0. The van der Waals surface area contributed by atoms with E-state index in [-0.39, 0.29) is 5.91 Å². The van der Waals surface area contributed by atoms with Gasteiger partial charge in [0, 0.05) is 6.07 Å². The third-order valence-corrected chi connectivity index (χ3v) is 4.03. The fourth-order valence-electron chi connectivity index (χ4n) is 2.71. The summed E-state index contributed by atoms with van der Waals surface area (Å²) in [5.41, 5.74) is 2.13. The molecule has 1 N–H and O–H groups in total. The molecule has 1 heterocycles. The van der Waals surface area contributed by atoms with E-state index >= 15 is 0 Å². The van der Waals surface area contributed by atoms with Gasteiger partial charge in [0.15, 0.2) is 0 Å². The molecule has 25 heavy (non-hydrogen) atoms. The molecule has 0 aliphatic rings. The lowest BCUT2D eigenvalue weighted by Gasteiger charge is -2.17. The molecule has 0 fully saturated rings. The fraction of sp³-hybridized carbons (Fsp3) is 0.278. The standard InChI is InChI=1S/C18H20N4O3/c1-4-15(22-16-8-6-5-7-13(16)20-21-22)18(23)19-14-11-12(24-2)9-10-17(14)25-3/h5-11,15H,4H2,1-3H3,(H,19,23). The van der Waals surface area contributed by atoms with E-state index < -0.39 is 6.04 Å². The predicted octanol–water partition coefficient (Wildman–Crippen LogP) is 3.04. The summed E-state index contributed by atoms with van der Waals surface area (Å²) in [6, 6.07) is 12.3. The minimum Gasteiger partial charge on any atom is -0.497 e. The molecule has 0 radical (unpaired) electrons. The summed E-state index contributed by atoms with van der Waals surface area (Å²) in [5, 5.41) is 11.2. The Balaban J connectivity index is 1.91. The zero-order valence-electron chi connectivity index (χ0n) is 14.4. The molecule has 1 atom stereocenters. The number of amides is 1. The number of para-hydroxylation sites is 1. The van der Waals surface area contributed by atoms with Crippen LogP contribution >= 0.6 is 0 Å². The SMILES string of the molecule is CCC(C(=O)Nc1cc(OC)ccc1OC)n1nnc2ccccc21. The van der Waals surface area contributed by atoms with Gasteiger partial charge >= 0.3 is 0 Å². The van der Waals surface area contributed by atoms with Crippen molar-refractivity contribution in [3.63, 3.8) is 0 Å². The van der Waals surface area contributed by atoms with Crippen molar-refractivity contribution in [2.45, 2.75) is 19.4 Å². The van der Waals surface area contributed by atoms with E-state index in [0.29, 0.717) is 23.6 Å². The van der Waals surface area contributed by atoms with Gasteiger partial charge in [0.2, 0.25) is 5.91 Å². The van der Waals surface area contributed by atoms with Crippen molar-refractivity contribution in [3.8, 4) is 11.5 Å². The Hall–Kier alpha value is -3.09. The van der Waals surface area contributed by atoms with Crippen LogP contribution in [-0.2, 0) is 4.79 Å². The normalized spacial score (nSPS) is 12.0. The second kappa shape index (κ2) is 7.21. The molecule has 7 nitrogen and oxygen atoms in total. The highest BCUT2D eigenvalue weighted by molar-refractivity contribution is 5.96. The molecule has 0 spiro atoms.